The zero-order valence-electron chi connectivity index (χ0n) is 22.6. The molecule has 7 rings (SSSR count). The molecule has 9 nitrogen and oxygen atoms in total. The van der Waals surface area contributed by atoms with Crippen LogP contribution in [0.1, 0.15) is 62.5 Å². The Balaban J connectivity index is 1.22. The van der Waals surface area contributed by atoms with Gasteiger partial charge in [-0.25, -0.2) is 31.1 Å². The van der Waals surface area contributed by atoms with Crippen LogP contribution < -0.4 is 9.44 Å². The van der Waals surface area contributed by atoms with Gasteiger partial charge in [0.25, 0.3) is 0 Å². The van der Waals surface area contributed by atoms with E-state index in [1.807, 2.05) is 0 Å². The Bertz CT molecular complexity index is 1590. The van der Waals surface area contributed by atoms with Crippen molar-refractivity contribution in [2.75, 3.05) is 0 Å². The van der Waals surface area contributed by atoms with E-state index >= 15 is 0 Å². The minimum atomic E-state index is -3.82. The second-order valence-corrected chi connectivity index (χ2v) is 15.7. The van der Waals surface area contributed by atoms with Crippen molar-refractivity contribution in [1.82, 2.24) is 9.44 Å². The fourth-order valence-electron chi connectivity index (χ4n) is 7.93. The standard InChI is InChI=1S/C30H33N3O6S2/c1-2-29(34)39-31-30-25-15-21(40(35,36)32-27-13-17-3-5-19(27)11-17)7-9-23(25)24-10-8-22(16-26(24)30)41(37,38)33-28-14-18-4-6-20(28)12-18/h2,7-10,15-20,27-28,32-33H,1,3-6,11-14H2. The van der Waals surface area contributed by atoms with Crippen molar-refractivity contribution in [3.63, 3.8) is 0 Å². The molecule has 2 N–H and O–H groups in total. The van der Waals surface area contributed by atoms with E-state index in [1.54, 1.807) is 24.3 Å². The Hall–Kier alpha value is -2.86. The van der Waals surface area contributed by atoms with Crippen LogP contribution in [0, 0.1) is 23.7 Å². The van der Waals surface area contributed by atoms with Crippen LogP contribution in [0.2, 0.25) is 0 Å². The molecule has 11 heteroatoms. The van der Waals surface area contributed by atoms with Crippen molar-refractivity contribution in [2.24, 2.45) is 28.8 Å². The molecular formula is C30H33N3O6S2. The summed E-state index contributed by atoms with van der Waals surface area (Å²) in [5.41, 5.74) is 2.44. The Morgan fingerprint density at radius 1 is 0.756 bits per heavy atom. The Kier molecular flexibility index (Phi) is 6.49. The lowest BCUT2D eigenvalue weighted by Crippen LogP contribution is -2.38. The van der Waals surface area contributed by atoms with Crippen molar-refractivity contribution in [3.8, 4) is 11.1 Å². The molecule has 41 heavy (non-hydrogen) atoms. The average Bonchev–Trinajstić information content (AvgIpc) is 3.78. The molecule has 0 heterocycles. The van der Waals surface area contributed by atoms with Gasteiger partial charge in [-0.1, -0.05) is 36.7 Å². The highest BCUT2D eigenvalue weighted by Gasteiger charge is 2.43. The van der Waals surface area contributed by atoms with Crippen molar-refractivity contribution < 1.29 is 26.5 Å². The van der Waals surface area contributed by atoms with Gasteiger partial charge in [-0.15, -0.1) is 0 Å². The molecule has 0 aliphatic heterocycles. The summed E-state index contributed by atoms with van der Waals surface area (Å²) < 4.78 is 59.5. The van der Waals surface area contributed by atoms with E-state index in [1.165, 1.54) is 12.1 Å². The maximum absolute atomic E-state index is 13.4. The molecule has 0 aromatic heterocycles. The van der Waals surface area contributed by atoms with Crippen molar-refractivity contribution >= 4 is 31.7 Å². The van der Waals surface area contributed by atoms with Crippen LogP contribution in [-0.2, 0) is 29.7 Å². The van der Waals surface area contributed by atoms with Gasteiger partial charge in [0.2, 0.25) is 20.0 Å². The first-order valence-electron chi connectivity index (χ1n) is 14.4. The van der Waals surface area contributed by atoms with Gasteiger partial charge in [0.05, 0.1) is 9.79 Å². The van der Waals surface area contributed by atoms with Gasteiger partial charge in [0, 0.05) is 29.3 Å². The first kappa shape index (κ1) is 27.0. The van der Waals surface area contributed by atoms with Gasteiger partial charge >= 0.3 is 5.97 Å². The van der Waals surface area contributed by atoms with E-state index in [-0.39, 0.29) is 27.6 Å². The van der Waals surface area contributed by atoms with E-state index in [4.69, 9.17) is 4.84 Å². The highest BCUT2D eigenvalue weighted by Crippen LogP contribution is 2.46. The summed E-state index contributed by atoms with van der Waals surface area (Å²) in [6.45, 7) is 3.40. The first-order valence-corrected chi connectivity index (χ1v) is 17.3. The van der Waals surface area contributed by atoms with Gasteiger partial charge in [0.1, 0.15) is 5.71 Å². The number of rotatable bonds is 8. The van der Waals surface area contributed by atoms with Gasteiger partial charge < -0.3 is 4.84 Å². The highest BCUT2D eigenvalue weighted by atomic mass is 32.2. The number of carbonyl (C=O) groups is 1. The predicted octanol–water partition coefficient (Wildman–Crippen LogP) is 4.08. The number of benzene rings is 2. The molecule has 0 radical (unpaired) electrons. The lowest BCUT2D eigenvalue weighted by Gasteiger charge is -2.22. The minimum Gasteiger partial charge on any atom is -0.313 e. The van der Waals surface area contributed by atoms with Gasteiger partial charge in [0.15, 0.2) is 0 Å². The molecule has 0 amide bonds. The third-order valence-electron chi connectivity index (χ3n) is 9.89. The lowest BCUT2D eigenvalue weighted by atomic mass is 9.96. The quantitative estimate of drug-likeness (QED) is 0.229. The second kappa shape index (κ2) is 9.86. The SMILES string of the molecule is C=CC(=O)ON=C1c2cc(S(=O)(=O)NC3CC4CCC3C4)ccc2-c2ccc(S(=O)(=O)NC3CC4CCC3C4)cc21. The van der Waals surface area contributed by atoms with E-state index in [9.17, 15) is 21.6 Å². The van der Waals surface area contributed by atoms with Crippen LogP contribution in [0.15, 0.2) is 64.0 Å². The maximum Gasteiger partial charge on any atom is 0.358 e. The van der Waals surface area contributed by atoms with Gasteiger partial charge in [-0.3, -0.25) is 0 Å². The predicted molar refractivity (Wildman–Crippen MR) is 153 cm³/mol. The molecule has 4 saturated carbocycles. The molecule has 6 unspecified atom stereocenters. The summed E-state index contributed by atoms with van der Waals surface area (Å²) in [7, 11) is -7.64. The number of sulfonamides is 2. The fourth-order valence-corrected chi connectivity index (χ4v) is 10.6. The van der Waals surface area contributed by atoms with E-state index in [0.717, 1.165) is 57.4 Å². The van der Waals surface area contributed by atoms with Crippen LogP contribution in [0.4, 0.5) is 0 Å². The Morgan fingerprint density at radius 2 is 1.24 bits per heavy atom. The van der Waals surface area contributed by atoms with Crippen LogP contribution >= 0.6 is 0 Å². The monoisotopic (exact) mass is 595 g/mol. The third-order valence-corrected chi connectivity index (χ3v) is 12.9. The zero-order valence-corrected chi connectivity index (χ0v) is 24.2. The Labute approximate surface area is 240 Å². The summed E-state index contributed by atoms with van der Waals surface area (Å²) >= 11 is 0. The molecule has 4 bridgehead atoms. The number of fused-ring (bicyclic) bond motifs is 7. The zero-order chi connectivity index (χ0) is 28.5. The van der Waals surface area contributed by atoms with Crippen LogP contribution in [0.5, 0.6) is 0 Å². The summed E-state index contributed by atoms with van der Waals surface area (Å²) in [5.74, 6) is 1.14. The smallest absolute Gasteiger partial charge is 0.313 e. The topological polar surface area (TPSA) is 131 Å². The molecule has 5 aliphatic rings. The molecule has 2 aromatic rings. The Morgan fingerprint density at radius 3 is 1.63 bits per heavy atom. The van der Waals surface area contributed by atoms with E-state index in [0.29, 0.717) is 45.9 Å². The number of hydrogen-bond acceptors (Lipinski definition) is 7. The summed E-state index contributed by atoms with van der Waals surface area (Å²) in [4.78, 5) is 17.1. The maximum atomic E-state index is 13.4. The largest absolute Gasteiger partial charge is 0.358 e. The van der Waals surface area contributed by atoms with Crippen LogP contribution in [0.25, 0.3) is 11.1 Å². The van der Waals surface area contributed by atoms with Crippen molar-refractivity contribution in [3.05, 3.63) is 60.2 Å². The average molecular weight is 596 g/mol. The van der Waals surface area contributed by atoms with Gasteiger partial charge in [-0.2, -0.15) is 0 Å². The lowest BCUT2D eigenvalue weighted by molar-refractivity contribution is -0.137. The highest BCUT2D eigenvalue weighted by molar-refractivity contribution is 7.89. The molecule has 4 fully saturated rings. The van der Waals surface area contributed by atoms with E-state index < -0.39 is 26.0 Å². The molecule has 6 atom stereocenters. The van der Waals surface area contributed by atoms with E-state index in [2.05, 4.69) is 21.2 Å². The molecule has 216 valence electrons. The number of nitrogens with zero attached hydrogens (tertiary/aromatic N) is 1. The summed E-state index contributed by atoms with van der Waals surface area (Å²) in [6, 6.07) is 9.41. The molecule has 0 saturated heterocycles. The molecule has 0 spiro atoms. The van der Waals surface area contributed by atoms with Crippen LogP contribution in [0.3, 0.4) is 0 Å². The molecule has 2 aromatic carbocycles. The summed E-state index contributed by atoms with van der Waals surface area (Å²) in [6.07, 6.45) is 9.25. The number of hydrogen-bond donors (Lipinski definition) is 2. The normalized spacial score (nSPS) is 29.4. The summed E-state index contributed by atoms with van der Waals surface area (Å²) in [5, 5.41) is 4.06. The number of oxime groups is 1. The second-order valence-electron chi connectivity index (χ2n) is 12.3. The number of nitrogens with one attached hydrogen (secondary N) is 2. The molecular weight excluding hydrogens is 562 g/mol. The minimum absolute atomic E-state index is 0.0683. The van der Waals surface area contributed by atoms with Crippen molar-refractivity contribution in [2.45, 2.75) is 73.2 Å². The first-order chi connectivity index (χ1) is 19.6. The number of carbonyl (C=O) groups excluding carboxylic acids is 1. The molecule has 5 aliphatic carbocycles. The third kappa shape index (κ3) is 4.76. The van der Waals surface area contributed by atoms with Crippen LogP contribution in [-0.4, -0.2) is 40.6 Å². The fraction of sp³-hybridized carbons (Fsp3) is 0.467. The van der Waals surface area contributed by atoms with Gasteiger partial charge in [-0.05, 0) is 97.6 Å². The van der Waals surface area contributed by atoms with Crippen molar-refractivity contribution in [1.29, 1.82) is 0 Å².